The van der Waals surface area contributed by atoms with Crippen molar-refractivity contribution in [2.24, 2.45) is 11.1 Å². The number of rotatable bonds is 7. The molecule has 26 heavy (non-hydrogen) atoms. The second-order valence-electron chi connectivity index (χ2n) is 6.13. The summed E-state index contributed by atoms with van der Waals surface area (Å²) in [6.45, 7) is 3.81. The first-order valence-electron chi connectivity index (χ1n) is 7.84. The van der Waals surface area contributed by atoms with E-state index in [9.17, 15) is 16.8 Å². The number of hydrogen-bond acceptors (Lipinski definition) is 5. The van der Waals surface area contributed by atoms with Crippen LogP contribution in [-0.2, 0) is 20.0 Å². The summed E-state index contributed by atoms with van der Waals surface area (Å²) in [5.74, 6) is 0.666. The van der Waals surface area contributed by atoms with Gasteiger partial charge in [0.2, 0.25) is 20.0 Å². The minimum atomic E-state index is -3.88. The molecule has 0 aliphatic heterocycles. The Morgan fingerprint density at radius 1 is 0.885 bits per heavy atom. The highest BCUT2D eigenvalue weighted by molar-refractivity contribution is 7.89. The summed E-state index contributed by atoms with van der Waals surface area (Å²) in [5, 5.41) is 5.03. The highest BCUT2D eigenvalue weighted by Gasteiger charge is 2.24. The lowest BCUT2D eigenvalue weighted by atomic mass is 9.97. The van der Waals surface area contributed by atoms with Gasteiger partial charge in [-0.25, -0.2) is 26.7 Å². The molecule has 0 heterocycles. The Morgan fingerprint density at radius 3 is 1.81 bits per heavy atom. The van der Waals surface area contributed by atoms with Crippen molar-refractivity contribution in [3.05, 3.63) is 54.1 Å². The molecule has 3 N–H and O–H groups in total. The lowest BCUT2D eigenvalue weighted by molar-refractivity contribution is 0.413. The van der Waals surface area contributed by atoms with Gasteiger partial charge in [0.25, 0.3) is 0 Å². The summed E-state index contributed by atoms with van der Waals surface area (Å²) in [7, 11) is -6.17. The minimum absolute atomic E-state index is 0.0122. The predicted molar refractivity (Wildman–Crippen MR) is 98.7 cm³/mol. The van der Waals surface area contributed by atoms with Crippen LogP contribution < -0.4 is 14.6 Å². The van der Waals surface area contributed by atoms with E-state index in [0.29, 0.717) is 5.75 Å². The number of benzene rings is 2. The first kappa shape index (κ1) is 20.4. The van der Waals surface area contributed by atoms with Crippen molar-refractivity contribution in [2.75, 3.05) is 7.11 Å². The molecule has 2 aromatic carbocycles. The fraction of sp³-hybridized carbons (Fsp3) is 0.294. The summed E-state index contributed by atoms with van der Waals surface area (Å²) in [6.07, 6.45) is 0. The SMILES string of the molecule is COc1ccc(C(NS(=O)(=O)c2ccc(S(N)(=O)=O)cc2)C(C)C)cc1. The Kier molecular flexibility index (Phi) is 6.07. The van der Waals surface area contributed by atoms with Gasteiger partial charge < -0.3 is 4.74 Å². The fourth-order valence-corrected chi connectivity index (χ4v) is 4.33. The van der Waals surface area contributed by atoms with Crippen LogP contribution in [0.25, 0.3) is 0 Å². The third-order valence-electron chi connectivity index (χ3n) is 3.89. The second kappa shape index (κ2) is 7.75. The van der Waals surface area contributed by atoms with Crippen LogP contribution in [0.1, 0.15) is 25.5 Å². The molecule has 2 aromatic rings. The van der Waals surface area contributed by atoms with E-state index >= 15 is 0 Å². The van der Waals surface area contributed by atoms with Crippen LogP contribution in [0.5, 0.6) is 5.75 Å². The maximum atomic E-state index is 12.7. The lowest BCUT2D eigenvalue weighted by Crippen LogP contribution is -2.31. The largest absolute Gasteiger partial charge is 0.497 e. The molecule has 0 radical (unpaired) electrons. The monoisotopic (exact) mass is 398 g/mol. The van der Waals surface area contributed by atoms with Crippen molar-refractivity contribution in [3.63, 3.8) is 0 Å². The van der Waals surface area contributed by atoms with Gasteiger partial charge in [-0.3, -0.25) is 0 Å². The molecule has 0 spiro atoms. The number of sulfonamides is 2. The Labute approximate surface area is 154 Å². The molecule has 0 fully saturated rings. The zero-order valence-electron chi connectivity index (χ0n) is 14.7. The van der Waals surface area contributed by atoms with E-state index in [-0.39, 0.29) is 15.7 Å². The average molecular weight is 399 g/mol. The quantitative estimate of drug-likeness (QED) is 0.740. The highest BCUT2D eigenvalue weighted by atomic mass is 32.2. The van der Waals surface area contributed by atoms with Crippen molar-refractivity contribution < 1.29 is 21.6 Å². The van der Waals surface area contributed by atoms with Crippen molar-refractivity contribution >= 4 is 20.0 Å². The standard InChI is InChI=1S/C17H22N2O5S2/c1-12(2)17(13-4-6-14(24-3)7-5-13)19-26(22,23)16-10-8-15(9-11-16)25(18,20)21/h4-12,17,19H,1-3H3,(H2,18,20,21). The van der Waals surface area contributed by atoms with Gasteiger partial charge in [-0.2, -0.15) is 0 Å². The molecule has 0 saturated carbocycles. The number of nitrogens with two attached hydrogens (primary N) is 1. The summed E-state index contributed by atoms with van der Waals surface area (Å²) in [4.78, 5) is -0.184. The third-order valence-corrected chi connectivity index (χ3v) is 6.27. The molecule has 142 valence electrons. The summed E-state index contributed by atoms with van der Waals surface area (Å²) in [6, 6.07) is 11.4. The van der Waals surface area contributed by atoms with Crippen LogP contribution in [0.4, 0.5) is 0 Å². The van der Waals surface area contributed by atoms with E-state index in [0.717, 1.165) is 5.56 Å². The first-order chi connectivity index (χ1) is 12.0. The van der Waals surface area contributed by atoms with Crippen molar-refractivity contribution in [1.29, 1.82) is 0 Å². The van der Waals surface area contributed by atoms with Gasteiger partial charge in [-0.15, -0.1) is 0 Å². The van der Waals surface area contributed by atoms with E-state index < -0.39 is 26.1 Å². The smallest absolute Gasteiger partial charge is 0.241 e. The molecular formula is C17H22N2O5S2. The van der Waals surface area contributed by atoms with Gasteiger partial charge in [-0.05, 0) is 47.9 Å². The fourth-order valence-electron chi connectivity index (χ4n) is 2.44. The van der Waals surface area contributed by atoms with Crippen molar-refractivity contribution in [3.8, 4) is 5.75 Å². The lowest BCUT2D eigenvalue weighted by Gasteiger charge is -2.23. The normalized spacial score (nSPS) is 13.6. The summed E-state index contributed by atoms with van der Waals surface area (Å²) >= 11 is 0. The number of nitrogens with one attached hydrogen (secondary N) is 1. The average Bonchev–Trinajstić information content (AvgIpc) is 2.59. The molecule has 7 nitrogen and oxygen atoms in total. The van der Waals surface area contributed by atoms with Gasteiger partial charge in [0, 0.05) is 6.04 Å². The predicted octanol–water partition coefficient (Wildman–Crippen LogP) is 2.02. The molecule has 0 bridgehead atoms. The van der Waals surface area contributed by atoms with Crippen molar-refractivity contribution in [1.82, 2.24) is 4.72 Å². The van der Waals surface area contributed by atoms with Crippen LogP contribution in [0.15, 0.2) is 58.3 Å². The van der Waals surface area contributed by atoms with Crippen LogP contribution in [0.3, 0.4) is 0 Å². The number of primary sulfonamides is 1. The number of methoxy groups -OCH3 is 1. The summed E-state index contributed by atoms with van der Waals surface area (Å²) < 4.78 is 55.8. The second-order valence-corrected chi connectivity index (χ2v) is 9.41. The Balaban J connectivity index is 2.31. The molecule has 9 heteroatoms. The molecule has 0 saturated heterocycles. The molecule has 1 atom stereocenters. The van der Waals surface area contributed by atoms with Crippen LogP contribution in [-0.4, -0.2) is 23.9 Å². The highest BCUT2D eigenvalue weighted by Crippen LogP contribution is 2.26. The van der Waals surface area contributed by atoms with E-state index in [1.807, 2.05) is 13.8 Å². The van der Waals surface area contributed by atoms with Gasteiger partial charge >= 0.3 is 0 Å². The van der Waals surface area contributed by atoms with Crippen LogP contribution in [0, 0.1) is 5.92 Å². The zero-order chi connectivity index (χ0) is 19.5. The molecule has 2 rings (SSSR count). The number of ether oxygens (including phenoxy) is 1. The van der Waals surface area contributed by atoms with Gasteiger partial charge in [0.05, 0.1) is 16.9 Å². The summed E-state index contributed by atoms with van der Waals surface area (Å²) in [5.41, 5.74) is 0.797. The molecule has 0 aliphatic carbocycles. The Bertz CT molecular complexity index is 951. The molecule has 0 aromatic heterocycles. The zero-order valence-corrected chi connectivity index (χ0v) is 16.3. The third kappa shape index (κ3) is 4.82. The maximum absolute atomic E-state index is 12.7. The first-order valence-corrected chi connectivity index (χ1v) is 10.9. The van der Waals surface area contributed by atoms with Gasteiger partial charge in [0.15, 0.2) is 0 Å². The van der Waals surface area contributed by atoms with E-state index in [4.69, 9.17) is 9.88 Å². The van der Waals surface area contributed by atoms with Gasteiger partial charge in [0.1, 0.15) is 5.75 Å². The topological polar surface area (TPSA) is 116 Å². The van der Waals surface area contributed by atoms with Gasteiger partial charge in [-0.1, -0.05) is 26.0 Å². The van der Waals surface area contributed by atoms with E-state index in [1.165, 1.54) is 24.3 Å². The molecule has 0 amide bonds. The number of hydrogen-bond donors (Lipinski definition) is 2. The molecule has 0 aliphatic rings. The Morgan fingerprint density at radius 2 is 1.38 bits per heavy atom. The minimum Gasteiger partial charge on any atom is -0.497 e. The van der Waals surface area contributed by atoms with Crippen molar-refractivity contribution in [2.45, 2.75) is 29.7 Å². The van der Waals surface area contributed by atoms with E-state index in [2.05, 4.69) is 4.72 Å². The van der Waals surface area contributed by atoms with E-state index in [1.54, 1.807) is 31.4 Å². The molecular weight excluding hydrogens is 376 g/mol. The van der Waals surface area contributed by atoms with Crippen LogP contribution in [0.2, 0.25) is 0 Å². The Hall–Kier alpha value is -1.94. The maximum Gasteiger partial charge on any atom is 0.241 e. The van der Waals surface area contributed by atoms with Crippen LogP contribution >= 0.6 is 0 Å². The molecule has 1 unspecified atom stereocenters.